The molecule has 2 nitrogen and oxygen atoms in total. The van der Waals surface area contributed by atoms with Gasteiger partial charge in [-0.1, -0.05) is 12.1 Å². The van der Waals surface area contributed by atoms with Crippen molar-refractivity contribution in [3.8, 4) is 5.75 Å². The standard InChI is InChI=1S/C15H21F3O2/c1-19-11-5-7-12(16)6-4-10-15(18)20-14-9-3-2-8-13(14)17/h2-3,8-9,12,15H,4-7,10-11H2,1H3/t12?,15-/m1/s1. The first kappa shape index (κ1) is 16.8. The fraction of sp³-hybridized carbons (Fsp3) is 0.600. The molecule has 0 aliphatic heterocycles. The fourth-order valence-electron chi connectivity index (χ4n) is 1.83. The van der Waals surface area contributed by atoms with Crippen molar-refractivity contribution >= 4 is 0 Å². The summed E-state index contributed by atoms with van der Waals surface area (Å²) in [4.78, 5) is 0. The van der Waals surface area contributed by atoms with Crippen LogP contribution in [-0.4, -0.2) is 26.2 Å². The molecule has 5 heteroatoms. The highest BCUT2D eigenvalue weighted by molar-refractivity contribution is 5.23. The van der Waals surface area contributed by atoms with Gasteiger partial charge in [0, 0.05) is 20.1 Å². The van der Waals surface area contributed by atoms with Crippen LogP contribution in [0.15, 0.2) is 24.3 Å². The molecule has 0 bridgehead atoms. The zero-order valence-corrected chi connectivity index (χ0v) is 11.7. The lowest BCUT2D eigenvalue weighted by molar-refractivity contribution is 0.0511. The second kappa shape index (κ2) is 9.64. The number of para-hydroxylation sites is 1. The van der Waals surface area contributed by atoms with Crippen molar-refractivity contribution in [3.63, 3.8) is 0 Å². The number of halogens is 3. The van der Waals surface area contributed by atoms with E-state index >= 15 is 0 Å². The second-order valence-corrected chi connectivity index (χ2v) is 4.62. The van der Waals surface area contributed by atoms with Crippen LogP contribution >= 0.6 is 0 Å². The normalized spacial score (nSPS) is 14.0. The SMILES string of the molecule is COCCCC(F)CCC[C@H](F)Oc1ccccc1F. The van der Waals surface area contributed by atoms with Crippen molar-refractivity contribution in [1.82, 2.24) is 0 Å². The van der Waals surface area contributed by atoms with E-state index in [1.165, 1.54) is 18.2 Å². The maximum absolute atomic E-state index is 13.5. The van der Waals surface area contributed by atoms with Crippen molar-refractivity contribution in [3.05, 3.63) is 30.1 Å². The van der Waals surface area contributed by atoms with E-state index < -0.39 is 18.3 Å². The fourth-order valence-corrected chi connectivity index (χ4v) is 1.83. The summed E-state index contributed by atoms with van der Waals surface area (Å²) < 4.78 is 49.8. The summed E-state index contributed by atoms with van der Waals surface area (Å²) in [6.07, 6.45) is -0.793. The molecule has 0 heterocycles. The van der Waals surface area contributed by atoms with Crippen molar-refractivity contribution in [1.29, 1.82) is 0 Å². The lowest BCUT2D eigenvalue weighted by Crippen LogP contribution is -2.12. The van der Waals surface area contributed by atoms with E-state index in [2.05, 4.69) is 0 Å². The number of benzene rings is 1. The van der Waals surface area contributed by atoms with Crippen molar-refractivity contribution < 1.29 is 22.6 Å². The number of alkyl halides is 2. The van der Waals surface area contributed by atoms with E-state index in [0.29, 0.717) is 25.9 Å². The third kappa shape index (κ3) is 6.80. The first-order valence-corrected chi connectivity index (χ1v) is 6.81. The summed E-state index contributed by atoms with van der Waals surface area (Å²) in [6, 6.07) is 5.64. The van der Waals surface area contributed by atoms with Crippen LogP contribution in [0.5, 0.6) is 5.75 Å². The second-order valence-electron chi connectivity index (χ2n) is 4.62. The number of hydrogen-bond donors (Lipinski definition) is 0. The van der Waals surface area contributed by atoms with Gasteiger partial charge in [0.2, 0.25) is 6.36 Å². The van der Waals surface area contributed by atoms with Crippen molar-refractivity contribution in [2.24, 2.45) is 0 Å². The third-order valence-electron chi connectivity index (χ3n) is 2.91. The van der Waals surface area contributed by atoms with Gasteiger partial charge in [0.15, 0.2) is 11.6 Å². The molecule has 0 N–H and O–H groups in total. The summed E-state index contributed by atoms with van der Waals surface area (Å²) in [5.41, 5.74) is 0. The average molecular weight is 290 g/mol. The van der Waals surface area contributed by atoms with Crippen LogP contribution in [0, 0.1) is 5.82 Å². The Morgan fingerprint density at radius 2 is 1.75 bits per heavy atom. The number of rotatable bonds is 10. The molecule has 0 spiro atoms. The van der Waals surface area contributed by atoms with Gasteiger partial charge in [0.1, 0.15) is 6.17 Å². The Labute approximate surface area is 117 Å². The van der Waals surface area contributed by atoms with E-state index in [1.54, 1.807) is 13.2 Å². The van der Waals surface area contributed by atoms with Gasteiger partial charge in [-0.15, -0.1) is 0 Å². The minimum Gasteiger partial charge on any atom is -0.457 e. The molecule has 0 aliphatic rings. The molecule has 0 radical (unpaired) electrons. The Morgan fingerprint density at radius 3 is 2.45 bits per heavy atom. The Hall–Kier alpha value is -1.23. The van der Waals surface area contributed by atoms with E-state index in [4.69, 9.17) is 9.47 Å². The molecule has 0 amide bonds. The van der Waals surface area contributed by atoms with Gasteiger partial charge in [-0.3, -0.25) is 0 Å². The molecule has 1 aromatic carbocycles. The maximum Gasteiger partial charge on any atom is 0.238 e. The van der Waals surface area contributed by atoms with Crippen LogP contribution < -0.4 is 4.74 Å². The van der Waals surface area contributed by atoms with Crippen LogP contribution in [0.4, 0.5) is 13.2 Å². The van der Waals surface area contributed by atoms with Crippen LogP contribution in [-0.2, 0) is 4.74 Å². The average Bonchev–Trinajstić information content (AvgIpc) is 2.42. The van der Waals surface area contributed by atoms with Gasteiger partial charge in [-0.2, -0.15) is 0 Å². The largest absolute Gasteiger partial charge is 0.457 e. The van der Waals surface area contributed by atoms with E-state index in [0.717, 1.165) is 0 Å². The van der Waals surface area contributed by atoms with E-state index in [9.17, 15) is 13.2 Å². The first-order chi connectivity index (χ1) is 9.63. The molecule has 0 fully saturated rings. The summed E-state index contributed by atoms with van der Waals surface area (Å²) in [5.74, 6) is -0.713. The minimum absolute atomic E-state index is 0.0546. The highest BCUT2D eigenvalue weighted by Gasteiger charge is 2.13. The van der Waals surface area contributed by atoms with Gasteiger partial charge < -0.3 is 9.47 Å². The Balaban J connectivity index is 2.17. The topological polar surface area (TPSA) is 18.5 Å². The summed E-state index contributed by atoms with van der Waals surface area (Å²) in [6.45, 7) is 0.530. The zero-order chi connectivity index (χ0) is 14.8. The van der Waals surface area contributed by atoms with E-state index in [1.807, 2.05) is 0 Å². The van der Waals surface area contributed by atoms with Gasteiger partial charge in [-0.05, 0) is 37.8 Å². The summed E-state index contributed by atoms with van der Waals surface area (Å²) >= 11 is 0. The molecule has 0 aliphatic carbocycles. The third-order valence-corrected chi connectivity index (χ3v) is 2.91. The first-order valence-electron chi connectivity index (χ1n) is 6.81. The van der Waals surface area contributed by atoms with Crippen LogP contribution in [0.2, 0.25) is 0 Å². The van der Waals surface area contributed by atoms with Crippen molar-refractivity contribution in [2.75, 3.05) is 13.7 Å². The van der Waals surface area contributed by atoms with Gasteiger partial charge >= 0.3 is 0 Å². The molecular formula is C15H21F3O2. The van der Waals surface area contributed by atoms with Gasteiger partial charge in [0.25, 0.3) is 0 Å². The Morgan fingerprint density at radius 1 is 1.05 bits per heavy atom. The predicted molar refractivity (Wildman–Crippen MR) is 71.8 cm³/mol. The highest BCUT2D eigenvalue weighted by Crippen LogP contribution is 2.20. The van der Waals surface area contributed by atoms with Crippen molar-refractivity contribution in [2.45, 2.75) is 44.6 Å². The zero-order valence-electron chi connectivity index (χ0n) is 11.7. The van der Waals surface area contributed by atoms with Crippen LogP contribution in [0.25, 0.3) is 0 Å². The number of ether oxygens (including phenoxy) is 2. The monoisotopic (exact) mass is 290 g/mol. The molecule has 0 aromatic heterocycles. The molecule has 0 saturated heterocycles. The molecule has 114 valence electrons. The lowest BCUT2D eigenvalue weighted by Gasteiger charge is -2.13. The number of methoxy groups -OCH3 is 1. The van der Waals surface area contributed by atoms with Gasteiger partial charge in [-0.25, -0.2) is 13.2 Å². The number of hydrogen-bond acceptors (Lipinski definition) is 2. The minimum atomic E-state index is -1.61. The molecule has 2 atom stereocenters. The highest BCUT2D eigenvalue weighted by atomic mass is 19.1. The molecule has 20 heavy (non-hydrogen) atoms. The van der Waals surface area contributed by atoms with Gasteiger partial charge in [0.05, 0.1) is 0 Å². The summed E-state index contributed by atoms with van der Waals surface area (Å²) in [7, 11) is 1.57. The Kier molecular flexibility index (Phi) is 8.11. The smallest absolute Gasteiger partial charge is 0.238 e. The maximum atomic E-state index is 13.5. The van der Waals surface area contributed by atoms with Crippen LogP contribution in [0.3, 0.4) is 0 Å². The quantitative estimate of drug-likeness (QED) is 0.593. The molecule has 1 aromatic rings. The van der Waals surface area contributed by atoms with Crippen LogP contribution in [0.1, 0.15) is 32.1 Å². The predicted octanol–water partition coefficient (Wildman–Crippen LogP) is 4.44. The molecule has 1 unspecified atom stereocenters. The molecule has 0 saturated carbocycles. The summed E-state index contributed by atoms with van der Waals surface area (Å²) in [5, 5.41) is 0. The van der Waals surface area contributed by atoms with E-state index in [-0.39, 0.29) is 18.6 Å². The molecular weight excluding hydrogens is 269 g/mol. The Bertz CT molecular complexity index is 374. The molecule has 1 rings (SSSR count). The lowest BCUT2D eigenvalue weighted by atomic mass is 10.1.